The minimum Gasteiger partial charge on any atom is -0.444 e. The monoisotopic (exact) mass is 186 g/mol. The highest BCUT2D eigenvalue weighted by molar-refractivity contribution is 5.68. The van der Waals surface area contributed by atoms with Crippen molar-refractivity contribution in [1.29, 1.82) is 0 Å². The maximum atomic E-state index is 11.2. The highest BCUT2D eigenvalue weighted by Crippen LogP contribution is 2.18. The molecule has 0 aliphatic heterocycles. The van der Waals surface area contributed by atoms with Crippen molar-refractivity contribution in [2.24, 2.45) is 5.73 Å². The van der Waals surface area contributed by atoms with Crippen molar-refractivity contribution in [3.8, 4) is 0 Å². The average Bonchev–Trinajstić information content (AvgIpc) is 1.94. The lowest BCUT2D eigenvalue weighted by molar-refractivity contribution is 0.0467. The summed E-state index contributed by atoms with van der Waals surface area (Å²) in [7, 11) is 0. The minimum absolute atomic E-state index is 0.104. The van der Waals surface area contributed by atoms with Gasteiger partial charge in [0.2, 0.25) is 0 Å². The van der Waals surface area contributed by atoms with Crippen LogP contribution in [0.15, 0.2) is 0 Å². The summed E-state index contributed by atoms with van der Waals surface area (Å²) < 4.78 is 5.09. The number of carbonyl (C=O) groups is 1. The van der Waals surface area contributed by atoms with E-state index >= 15 is 0 Å². The molecule has 1 aliphatic carbocycles. The van der Waals surface area contributed by atoms with Gasteiger partial charge in [0.15, 0.2) is 0 Å². The molecule has 2 atom stereocenters. The zero-order valence-corrected chi connectivity index (χ0v) is 8.46. The Kier molecular flexibility index (Phi) is 2.81. The summed E-state index contributed by atoms with van der Waals surface area (Å²) in [6, 6.07) is 0.211. The molecule has 1 aliphatic rings. The molecular weight excluding hydrogens is 168 g/mol. The summed E-state index contributed by atoms with van der Waals surface area (Å²) >= 11 is 0. The van der Waals surface area contributed by atoms with Gasteiger partial charge in [0, 0.05) is 12.1 Å². The molecule has 0 saturated heterocycles. The summed E-state index contributed by atoms with van der Waals surface area (Å²) in [5, 5.41) is 2.74. The number of nitrogens with one attached hydrogen (secondary N) is 1. The molecule has 0 radical (unpaired) electrons. The van der Waals surface area contributed by atoms with Gasteiger partial charge in [-0.25, -0.2) is 4.79 Å². The van der Waals surface area contributed by atoms with Crippen molar-refractivity contribution in [2.45, 2.75) is 51.3 Å². The number of ether oxygens (including phenoxy) is 1. The van der Waals surface area contributed by atoms with Crippen molar-refractivity contribution in [3.05, 3.63) is 0 Å². The van der Waals surface area contributed by atoms with Crippen LogP contribution in [0.3, 0.4) is 0 Å². The zero-order chi connectivity index (χ0) is 10.1. The van der Waals surface area contributed by atoms with Crippen LogP contribution in [0.5, 0.6) is 0 Å². The molecule has 4 heteroatoms. The number of alkyl carbamates (subject to hydrolysis) is 1. The van der Waals surface area contributed by atoms with E-state index in [2.05, 4.69) is 5.32 Å². The Balaban J connectivity index is 2.25. The highest BCUT2D eigenvalue weighted by Gasteiger charge is 2.30. The molecular formula is C9H18N2O2. The molecule has 3 N–H and O–H groups in total. The van der Waals surface area contributed by atoms with E-state index in [-0.39, 0.29) is 18.2 Å². The van der Waals surface area contributed by atoms with Crippen LogP contribution < -0.4 is 11.1 Å². The average molecular weight is 186 g/mol. The third-order valence-electron chi connectivity index (χ3n) is 2.03. The van der Waals surface area contributed by atoms with Crippen LogP contribution >= 0.6 is 0 Å². The number of hydrogen-bond donors (Lipinski definition) is 2. The van der Waals surface area contributed by atoms with Crippen molar-refractivity contribution >= 4 is 6.09 Å². The van der Waals surface area contributed by atoms with Crippen LogP contribution in [-0.2, 0) is 4.74 Å². The Morgan fingerprint density at radius 3 is 2.38 bits per heavy atom. The first-order valence-electron chi connectivity index (χ1n) is 4.63. The van der Waals surface area contributed by atoms with E-state index in [1.165, 1.54) is 0 Å². The topological polar surface area (TPSA) is 64.3 Å². The molecule has 0 heterocycles. The first-order valence-corrected chi connectivity index (χ1v) is 4.63. The molecule has 0 aromatic carbocycles. The molecule has 1 rings (SSSR count). The number of rotatable bonds is 1. The lowest BCUT2D eigenvalue weighted by Gasteiger charge is -2.34. The van der Waals surface area contributed by atoms with E-state index in [0.717, 1.165) is 12.8 Å². The van der Waals surface area contributed by atoms with E-state index in [1.807, 2.05) is 20.8 Å². The zero-order valence-electron chi connectivity index (χ0n) is 8.46. The Morgan fingerprint density at radius 2 is 2.08 bits per heavy atom. The van der Waals surface area contributed by atoms with Crippen LogP contribution in [-0.4, -0.2) is 23.8 Å². The molecule has 0 bridgehead atoms. The second kappa shape index (κ2) is 3.54. The smallest absolute Gasteiger partial charge is 0.407 e. The first-order chi connectivity index (χ1) is 5.88. The molecule has 1 fully saturated rings. The largest absolute Gasteiger partial charge is 0.444 e. The number of carbonyl (C=O) groups excluding carboxylic acids is 1. The van der Waals surface area contributed by atoms with E-state index in [1.54, 1.807) is 0 Å². The molecule has 0 spiro atoms. The van der Waals surface area contributed by atoms with Gasteiger partial charge in [0.1, 0.15) is 5.60 Å². The molecule has 0 unspecified atom stereocenters. The maximum absolute atomic E-state index is 11.2. The van der Waals surface area contributed by atoms with Gasteiger partial charge in [-0.15, -0.1) is 0 Å². The summed E-state index contributed by atoms with van der Waals surface area (Å²) in [6.07, 6.45) is 1.58. The second-order valence-corrected chi connectivity index (χ2v) is 4.49. The molecule has 1 amide bonds. The van der Waals surface area contributed by atoms with Crippen molar-refractivity contribution < 1.29 is 9.53 Å². The van der Waals surface area contributed by atoms with Crippen LogP contribution in [0.4, 0.5) is 4.79 Å². The quantitative estimate of drug-likeness (QED) is 0.642. The fourth-order valence-electron chi connectivity index (χ4n) is 1.16. The van der Waals surface area contributed by atoms with Crippen molar-refractivity contribution in [1.82, 2.24) is 5.32 Å². The predicted octanol–water partition coefficient (Wildman–Crippen LogP) is 1.00. The summed E-state index contributed by atoms with van der Waals surface area (Å²) in [4.78, 5) is 11.2. The Hall–Kier alpha value is -0.770. The predicted molar refractivity (Wildman–Crippen MR) is 50.4 cm³/mol. The van der Waals surface area contributed by atoms with Gasteiger partial charge in [-0.1, -0.05) is 0 Å². The molecule has 0 aromatic rings. The van der Waals surface area contributed by atoms with Crippen LogP contribution in [0.2, 0.25) is 0 Å². The molecule has 1 saturated carbocycles. The molecule has 76 valence electrons. The van der Waals surface area contributed by atoms with Crippen molar-refractivity contribution in [2.75, 3.05) is 0 Å². The summed E-state index contributed by atoms with van der Waals surface area (Å²) in [6.45, 7) is 5.52. The Bertz CT molecular complexity index is 198. The maximum Gasteiger partial charge on any atom is 0.407 e. The van der Waals surface area contributed by atoms with Crippen molar-refractivity contribution in [3.63, 3.8) is 0 Å². The third-order valence-corrected chi connectivity index (χ3v) is 2.03. The number of nitrogens with two attached hydrogens (primary N) is 1. The normalized spacial score (nSPS) is 27.7. The van der Waals surface area contributed by atoms with Gasteiger partial charge in [-0.05, 0) is 33.6 Å². The van der Waals surface area contributed by atoms with Gasteiger partial charge in [-0.2, -0.15) is 0 Å². The minimum atomic E-state index is -0.433. The molecule has 0 aromatic heterocycles. The summed E-state index contributed by atoms with van der Waals surface area (Å²) in [5.41, 5.74) is 5.23. The van der Waals surface area contributed by atoms with Gasteiger partial charge < -0.3 is 15.8 Å². The number of amides is 1. The fraction of sp³-hybridized carbons (Fsp3) is 0.889. The van der Waals surface area contributed by atoms with Gasteiger partial charge in [-0.3, -0.25) is 0 Å². The fourth-order valence-corrected chi connectivity index (χ4v) is 1.16. The van der Waals surface area contributed by atoms with E-state index in [4.69, 9.17) is 10.5 Å². The summed E-state index contributed by atoms with van der Waals surface area (Å²) in [5.74, 6) is 0. The third kappa shape index (κ3) is 3.22. The van der Waals surface area contributed by atoms with Gasteiger partial charge in [0.05, 0.1) is 0 Å². The lowest BCUT2D eigenvalue weighted by atomic mass is 9.87. The molecule has 13 heavy (non-hydrogen) atoms. The number of hydrogen-bond acceptors (Lipinski definition) is 3. The Morgan fingerprint density at radius 1 is 1.46 bits per heavy atom. The van der Waals surface area contributed by atoms with Crippen LogP contribution in [0.25, 0.3) is 0 Å². The second-order valence-electron chi connectivity index (χ2n) is 4.49. The highest BCUT2D eigenvalue weighted by atomic mass is 16.6. The van der Waals surface area contributed by atoms with E-state index in [9.17, 15) is 4.79 Å². The van der Waals surface area contributed by atoms with Crippen LogP contribution in [0.1, 0.15) is 33.6 Å². The molecule has 4 nitrogen and oxygen atoms in total. The van der Waals surface area contributed by atoms with Gasteiger partial charge >= 0.3 is 6.09 Å². The SMILES string of the molecule is CC(C)(C)OC(=O)N[C@@H]1CC[C@H]1N. The van der Waals surface area contributed by atoms with Crippen LogP contribution in [0, 0.1) is 0 Å². The standard InChI is InChI=1S/C9H18N2O2/c1-9(2,3)13-8(12)11-7-5-4-6(7)10/h6-7H,4-5,10H2,1-3H3,(H,11,12)/t6-,7-/m1/s1. The first kappa shape index (κ1) is 10.3. The Labute approximate surface area is 78.8 Å². The van der Waals surface area contributed by atoms with E-state index in [0.29, 0.717) is 0 Å². The van der Waals surface area contributed by atoms with E-state index < -0.39 is 5.60 Å². The van der Waals surface area contributed by atoms with Gasteiger partial charge in [0.25, 0.3) is 0 Å². The lowest BCUT2D eigenvalue weighted by Crippen LogP contribution is -2.55.